The molecule has 1 rings (SSSR count). The molecule has 1 heterocycles. The van der Waals surface area contributed by atoms with Gasteiger partial charge in [-0.1, -0.05) is 6.92 Å². The predicted molar refractivity (Wildman–Crippen MR) is 51.3 cm³/mol. The Morgan fingerprint density at radius 1 is 1.62 bits per heavy atom. The maximum Gasteiger partial charge on any atom is 0.0954 e. The molecular formula is C10H15N3. The molecule has 0 spiro atoms. The normalized spacial score (nSPS) is 12.5. The van der Waals surface area contributed by atoms with E-state index in [1.807, 2.05) is 20.2 Å². The molecule has 0 aromatic carbocycles. The summed E-state index contributed by atoms with van der Waals surface area (Å²) in [5.74, 6) is 0. The van der Waals surface area contributed by atoms with E-state index in [4.69, 9.17) is 5.26 Å². The number of aromatic nitrogens is 2. The number of hydrogen-bond donors (Lipinski definition) is 0. The van der Waals surface area contributed by atoms with Crippen LogP contribution >= 0.6 is 0 Å². The van der Waals surface area contributed by atoms with E-state index in [-0.39, 0.29) is 6.04 Å². The topological polar surface area (TPSA) is 41.6 Å². The minimum absolute atomic E-state index is 0.284. The van der Waals surface area contributed by atoms with Crippen molar-refractivity contribution < 1.29 is 0 Å². The zero-order valence-electron chi connectivity index (χ0n) is 8.41. The highest BCUT2D eigenvalue weighted by Crippen LogP contribution is 2.18. The van der Waals surface area contributed by atoms with Crippen LogP contribution in [0, 0.1) is 25.2 Å². The van der Waals surface area contributed by atoms with Gasteiger partial charge in [-0.15, -0.1) is 0 Å². The van der Waals surface area contributed by atoms with Crippen molar-refractivity contribution in [1.29, 1.82) is 5.26 Å². The molecule has 0 bridgehead atoms. The lowest BCUT2D eigenvalue weighted by Gasteiger charge is -2.14. The van der Waals surface area contributed by atoms with Gasteiger partial charge in [0, 0.05) is 11.7 Å². The summed E-state index contributed by atoms with van der Waals surface area (Å²) in [4.78, 5) is 4.22. The minimum Gasteiger partial charge on any atom is -0.331 e. The first kappa shape index (κ1) is 9.79. The molecule has 0 amide bonds. The van der Waals surface area contributed by atoms with E-state index in [0.717, 1.165) is 12.1 Å². The molecule has 1 aromatic heterocycles. The fourth-order valence-electron chi connectivity index (χ4n) is 1.43. The molecule has 0 saturated carbocycles. The number of nitrogens with zero attached hydrogens (tertiary/aromatic N) is 3. The van der Waals surface area contributed by atoms with Crippen LogP contribution < -0.4 is 0 Å². The Morgan fingerprint density at radius 2 is 2.31 bits per heavy atom. The van der Waals surface area contributed by atoms with Gasteiger partial charge in [-0.2, -0.15) is 5.26 Å². The van der Waals surface area contributed by atoms with Crippen molar-refractivity contribution in [3.8, 4) is 6.07 Å². The Labute approximate surface area is 79.0 Å². The average Bonchev–Trinajstić information content (AvgIpc) is 2.45. The van der Waals surface area contributed by atoms with Gasteiger partial charge in [0.2, 0.25) is 0 Å². The van der Waals surface area contributed by atoms with Crippen molar-refractivity contribution in [2.75, 3.05) is 0 Å². The first-order chi connectivity index (χ1) is 6.20. The molecule has 0 radical (unpaired) electrons. The fourth-order valence-corrected chi connectivity index (χ4v) is 1.43. The molecule has 0 aliphatic carbocycles. The Hall–Kier alpha value is -1.30. The van der Waals surface area contributed by atoms with Gasteiger partial charge in [0.05, 0.1) is 24.5 Å². The second-order valence-corrected chi connectivity index (χ2v) is 3.25. The highest BCUT2D eigenvalue weighted by atomic mass is 15.1. The van der Waals surface area contributed by atoms with Crippen LogP contribution in [0.5, 0.6) is 0 Å². The summed E-state index contributed by atoms with van der Waals surface area (Å²) in [6.07, 6.45) is 3.37. The van der Waals surface area contributed by atoms with Gasteiger partial charge in [-0.3, -0.25) is 0 Å². The third kappa shape index (κ3) is 1.89. The molecule has 0 aliphatic rings. The lowest BCUT2D eigenvalue weighted by Crippen LogP contribution is -2.07. The Kier molecular flexibility index (Phi) is 3.07. The van der Waals surface area contributed by atoms with Crippen LogP contribution in [0.2, 0.25) is 0 Å². The minimum atomic E-state index is 0.284. The Balaban J connectivity index is 2.92. The number of imidazole rings is 1. The third-order valence-electron chi connectivity index (χ3n) is 2.48. The number of nitriles is 1. The second kappa shape index (κ2) is 4.08. The van der Waals surface area contributed by atoms with Crippen LogP contribution in [0.1, 0.15) is 37.2 Å². The third-order valence-corrected chi connectivity index (χ3v) is 2.48. The first-order valence-electron chi connectivity index (χ1n) is 4.57. The largest absolute Gasteiger partial charge is 0.331 e. The van der Waals surface area contributed by atoms with E-state index in [1.165, 1.54) is 5.69 Å². The van der Waals surface area contributed by atoms with Crippen LogP contribution in [0.25, 0.3) is 0 Å². The van der Waals surface area contributed by atoms with Crippen molar-refractivity contribution in [2.24, 2.45) is 0 Å². The molecule has 3 heteroatoms. The standard InChI is InChI=1S/C10H15N3/c1-4-10(5-6-11)13-7-12-8(2)9(13)3/h7,10H,4-5H2,1-3H3. The zero-order chi connectivity index (χ0) is 9.84. The predicted octanol–water partition coefficient (Wildman–Crippen LogP) is 2.36. The van der Waals surface area contributed by atoms with E-state index in [9.17, 15) is 0 Å². The SMILES string of the molecule is CCC(CC#N)n1cnc(C)c1C. The van der Waals surface area contributed by atoms with E-state index in [0.29, 0.717) is 6.42 Å². The van der Waals surface area contributed by atoms with E-state index >= 15 is 0 Å². The highest BCUT2D eigenvalue weighted by Gasteiger charge is 2.11. The summed E-state index contributed by atoms with van der Waals surface area (Å²) in [6, 6.07) is 2.49. The second-order valence-electron chi connectivity index (χ2n) is 3.25. The molecule has 1 unspecified atom stereocenters. The monoisotopic (exact) mass is 177 g/mol. The molecule has 70 valence electrons. The molecule has 0 fully saturated rings. The summed E-state index contributed by atoms with van der Waals surface area (Å²) in [5.41, 5.74) is 2.22. The van der Waals surface area contributed by atoms with Crippen molar-refractivity contribution in [1.82, 2.24) is 9.55 Å². The molecular weight excluding hydrogens is 162 g/mol. The van der Waals surface area contributed by atoms with Crippen molar-refractivity contribution in [3.63, 3.8) is 0 Å². The van der Waals surface area contributed by atoms with Gasteiger partial charge in [0.1, 0.15) is 0 Å². The van der Waals surface area contributed by atoms with E-state index in [2.05, 4.69) is 22.5 Å². The van der Waals surface area contributed by atoms with Gasteiger partial charge >= 0.3 is 0 Å². The molecule has 3 nitrogen and oxygen atoms in total. The summed E-state index contributed by atoms with van der Waals surface area (Å²) < 4.78 is 2.10. The molecule has 0 aliphatic heterocycles. The van der Waals surface area contributed by atoms with Gasteiger partial charge in [0.25, 0.3) is 0 Å². The maximum absolute atomic E-state index is 8.64. The van der Waals surface area contributed by atoms with Crippen LogP contribution in [0.3, 0.4) is 0 Å². The summed E-state index contributed by atoms with van der Waals surface area (Å²) >= 11 is 0. The smallest absolute Gasteiger partial charge is 0.0954 e. The highest BCUT2D eigenvalue weighted by molar-refractivity contribution is 5.10. The van der Waals surface area contributed by atoms with Crippen molar-refractivity contribution in [2.45, 2.75) is 39.7 Å². The van der Waals surface area contributed by atoms with Crippen molar-refractivity contribution in [3.05, 3.63) is 17.7 Å². The van der Waals surface area contributed by atoms with Crippen LogP contribution in [0.15, 0.2) is 6.33 Å². The maximum atomic E-state index is 8.64. The molecule has 1 atom stereocenters. The zero-order valence-corrected chi connectivity index (χ0v) is 8.41. The lowest BCUT2D eigenvalue weighted by molar-refractivity contribution is 0.486. The number of aryl methyl sites for hydroxylation is 1. The van der Waals surface area contributed by atoms with Crippen LogP contribution in [0.4, 0.5) is 0 Å². The lowest BCUT2D eigenvalue weighted by atomic mass is 10.1. The summed E-state index contributed by atoms with van der Waals surface area (Å²) in [7, 11) is 0. The van der Waals surface area contributed by atoms with E-state index in [1.54, 1.807) is 0 Å². The van der Waals surface area contributed by atoms with Gasteiger partial charge in [0.15, 0.2) is 0 Å². The van der Waals surface area contributed by atoms with Crippen LogP contribution in [-0.4, -0.2) is 9.55 Å². The molecule has 0 N–H and O–H groups in total. The van der Waals surface area contributed by atoms with Crippen LogP contribution in [-0.2, 0) is 0 Å². The molecule has 13 heavy (non-hydrogen) atoms. The van der Waals surface area contributed by atoms with Crippen molar-refractivity contribution >= 4 is 0 Å². The Bertz CT molecular complexity index is 319. The fraction of sp³-hybridized carbons (Fsp3) is 0.600. The van der Waals surface area contributed by atoms with Gasteiger partial charge in [-0.05, 0) is 20.3 Å². The van der Waals surface area contributed by atoms with Gasteiger partial charge < -0.3 is 4.57 Å². The number of rotatable bonds is 3. The summed E-state index contributed by atoms with van der Waals surface area (Å²) in [6.45, 7) is 6.13. The number of hydrogen-bond acceptors (Lipinski definition) is 2. The Morgan fingerprint density at radius 3 is 2.69 bits per heavy atom. The molecule has 0 saturated heterocycles. The summed E-state index contributed by atoms with van der Waals surface area (Å²) in [5, 5.41) is 8.64. The van der Waals surface area contributed by atoms with Gasteiger partial charge in [-0.25, -0.2) is 4.98 Å². The molecule has 1 aromatic rings. The average molecular weight is 177 g/mol. The van der Waals surface area contributed by atoms with E-state index < -0.39 is 0 Å². The first-order valence-corrected chi connectivity index (χ1v) is 4.57. The quantitative estimate of drug-likeness (QED) is 0.711.